The first-order chi connectivity index (χ1) is 8.47. The molecular formula is C13H14N2O2S. The van der Waals surface area contributed by atoms with E-state index in [1.807, 2.05) is 26.0 Å². The van der Waals surface area contributed by atoms with Gasteiger partial charge in [0.2, 0.25) is 0 Å². The minimum absolute atomic E-state index is 0.241. The molecule has 0 aliphatic carbocycles. The van der Waals surface area contributed by atoms with Crippen LogP contribution in [0.5, 0.6) is 0 Å². The van der Waals surface area contributed by atoms with Crippen LogP contribution in [0.1, 0.15) is 11.1 Å². The van der Waals surface area contributed by atoms with Crippen molar-refractivity contribution < 1.29 is 8.42 Å². The van der Waals surface area contributed by atoms with Crippen molar-refractivity contribution >= 4 is 15.8 Å². The molecule has 0 atom stereocenters. The maximum absolute atomic E-state index is 12.1. The Morgan fingerprint density at radius 2 is 1.78 bits per heavy atom. The number of rotatable bonds is 3. The molecule has 0 amide bonds. The van der Waals surface area contributed by atoms with Crippen molar-refractivity contribution in [1.29, 1.82) is 0 Å². The normalized spacial score (nSPS) is 11.2. The summed E-state index contributed by atoms with van der Waals surface area (Å²) < 4.78 is 26.7. The van der Waals surface area contributed by atoms with E-state index in [1.54, 1.807) is 30.5 Å². The molecule has 0 radical (unpaired) electrons. The summed E-state index contributed by atoms with van der Waals surface area (Å²) in [5.74, 6) is 0.330. The molecule has 2 aromatic rings. The first-order valence-corrected chi connectivity index (χ1v) is 6.98. The van der Waals surface area contributed by atoms with Crippen molar-refractivity contribution in [2.45, 2.75) is 18.7 Å². The molecule has 0 bridgehead atoms. The molecule has 0 fully saturated rings. The first kappa shape index (κ1) is 12.6. The van der Waals surface area contributed by atoms with Gasteiger partial charge in [-0.2, -0.15) is 0 Å². The molecular weight excluding hydrogens is 248 g/mol. The van der Waals surface area contributed by atoms with Crippen molar-refractivity contribution in [2.75, 3.05) is 4.72 Å². The number of benzene rings is 1. The third-order valence-electron chi connectivity index (χ3n) is 2.45. The van der Waals surface area contributed by atoms with Gasteiger partial charge in [0.05, 0.1) is 4.90 Å². The zero-order valence-electron chi connectivity index (χ0n) is 10.2. The number of anilines is 1. The van der Waals surface area contributed by atoms with Gasteiger partial charge in [-0.3, -0.25) is 4.72 Å². The summed E-state index contributed by atoms with van der Waals surface area (Å²) >= 11 is 0. The summed E-state index contributed by atoms with van der Waals surface area (Å²) in [7, 11) is -3.57. The topological polar surface area (TPSA) is 59.1 Å². The van der Waals surface area contributed by atoms with Crippen molar-refractivity contribution in [3.8, 4) is 0 Å². The molecule has 0 aliphatic rings. The van der Waals surface area contributed by atoms with Crippen molar-refractivity contribution in [2.24, 2.45) is 0 Å². The van der Waals surface area contributed by atoms with E-state index in [4.69, 9.17) is 0 Å². The fraction of sp³-hybridized carbons (Fsp3) is 0.154. The minimum Gasteiger partial charge on any atom is -0.263 e. The molecule has 94 valence electrons. The van der Waals surface area contributed by atoms with Gasteiger partial charge in [0.15, 0.2) is 0 Å². The molecule has 0 unspecified atom stereocenters. The maximum atomic E-state index is 12.1. The summed E-state index contributed by atoms with van der Waals surface area (Å²) in [6.45, 7) is 3.73. The standard InChI is InChI=1S/C13H14N2O2S/c1-10-4-3-5-12(8-10)18(16,17)15-13-9-11(2)6-7-14-13/h3-9H,1-2H3,(H,14,15). The van der Waals surface area contributed by atoms with E-state index < -0.39 is 10.0 Å². The van der Waals surface area contributed by atoms with Gasteiger partial charge in [0, 0.05) is 6.20 Å². The van der Waals surface area contributed by atoms with Crippen molar-refractivity contribution in [3.63, 3.8) is 0 Å². The monoisotopic (exact) mass is 262 g/mol. The Balaban J connectivity index is 2.33. The van der Waals surface area contributed by atoms with Crippen LogP contribution >= 0.6 is 0 Å². The van der Waals surface area contributed by atoms with Crippen LogP contribution in [0, 0.1) is 13.8 Å². The molecule has 5 heteroatoms. The van der Waals surface area contributed by atoms with Crippen LogP contribution in [-0.4, -0.2) is 13.4 Å². The van der Waals surface area contributed by atoms with Crippen LogP contribution in [-0.2, 0) is 10.0 Å². The average Bonchev–Trinajstić information content (AvgIpc) is 2.28. The highest BCUT2D eigenvalue weighted by molar-refractivity contribution is 7.92. The second-order valence-corrected chi connectivity index (χ2v) is 5.82. The van der Waals surface area contributed by atoms with Gasteiger partial charge in [-0.1, -0.05) is 12.1 Å². The van der Waals surface area contributed by atoms with E-state index in [2.05, 4.69) is 9.71 Å². The highest BCUT2D eigenvalue weighted by Crippen LogP contribution is 2.15. The van der Waals surface area contributed by atoms with Gasteiger partial charge >= 0.3 is 0 Å². The number of hydrogen-bond acceptors (Lipinski definition) is 3. The smallest absolute Gasteiger partial charge is 0.263 e. The van der Waals surface area contributed by atoms with Gasteiger partial charge in [-0.05, 0) is 49.2 Å². The van der Waals surface area contributed by atoms with E-state index in [-0.39, 0.29) is 4.90 Å². The number of nitrogens with zero attached hydrogens (tertiary/aromatic N) is 1. The third kappa shape index (κ3) is 2.87. The summed E-state index contributed by atoms with van der Waals surface area (Å²) in [6, 6.07) is 10.2. The largest absolute Gasteiger partial charge is 0.263 e. The zero-order chi connectivity index (χ0) is 13.2. The molecule has 0 saturated carbocycles. The van der Waals surface area contributed by atoms with E-state index in [1.165, 1.54) is 0 Å². The predicted octanol–water partition coefficient (Wildman–Crippen LogP) is 2.50. The van der Waals surface area contributed by atoms with Crippen LogP contribution in [0.15, 0.2) is 47.5 Å². The average molecular weight is 262 g/mol. The Labute approximate surface area is 107 Å². The maximum Gasteiger partial charge on any atom is 0.263 e. The predicted molar refractivity (Wildman–Crippen MR) is 71.0 cm³/mol. The number of aromatic nitrogens is 1. The number of aryl methyl sites for hydroxylation is 2. The van der Waals surface area contributed by atoms with Gasteiger partial charge < -0.3 is 0 Å². The van der Waals surface area contributed by atoms with Crippen molar-refractivity contribution in [1.82, 2.24) is 4.98 Å². The summed E-state index contributed by atoms with van der Waals surface area (Å²) in [5.41, 5.74) is 1.85. The number of nitrogens with one attached hydrogen (secondary N) is 1. The van der Waals surface area contributed by atoms with Gasteiger partial charge in [-0.15, -0.1) is 0 Å². The Hall–Kier alpha value is -1.88. The molecule has 0 spiro atoms. The number of sulfonamides is 1. The molecule has 1 aromatic heterocycles. The number of pyridine rings is 1. The molecule has 2 rings (SSSR count). The zero-order valence-corrected chi connectivity index (χ0v) is 11.0. The number of hydrogen-bond donors (Lipinski definition) is 1. The van der Waals surface area contributed by atoms with E-state index >= 15 is 0 Å². The quantitative estimate of drug-likeness (QED) is 0.924. The molecule has 18 heavy (non-hydrogen) atoms. The molecule has 1 N–H and O–H groups in total. The first-order valence-electron chi connectivity index (χ1n) is 5.49. The van der Waals surface area contributed by atoms with E-state index in [0.29, 0.717) is 5.82 Å². The highest BCUT2D eigenvalue weighted by Gasteiger charge is 2.14. The van der Waals surface area contributed by atoms with Crippen LogP contribution < -0.4 is 4.72 Å². The Bertz CT molecular complexity index is 666. The molecule has 1 aromatic carbocycles. The Morgan fingerprint density at radius 3 is 2.44 bits per heavy atom. The lowest BCUT2D eigenvalue weighted by molar-refractivity contribution is 0.601. The fourth-order valence-corrected chi connectivity index (χ4v) is 2.67. The van der Waals surface area contributed by atoms with Gasteiger partial charge in [-0.25, -0.2) is 13.4 Å². The summed E-state index contributed by atoms with van der Waals surface area (Å²) in [5, 5.41) is 0. The van der Waals surface area contributed by atoms with Gasteiger partial charge in [0.25, 0.3) is 10.0 Å². The van der Waals surface area contributed by atoms with Crippen LogP contribution in [0.25, 0.3) is 0 Å². The molecule has 0 aliphatic heterocycles. The molecule has 0 saturated heterocycles. The Kier molecular flexibility index (Phi) is 3.34. The van der Waals surface area contributed by atoms with E-state index in [9.17, 15) is 8.42 Å². The lowest BCUT2D eigenvalue weighted by Crippen LogP contribution is -2.14. The van der Waals surface area contributed by atoms with E-state index in [0.717, 1.165) is 11.1 Å². The minimum atomic E-state index is -3.57. The highest BCUT2D eigenvalue weighted by atomic mass is 32.2. The second kappa shape index (κ2) is 4.78. The molecule has 4 nitrogen and oxygen atoms in total. The summed E-state index contributed by atoms with van der Waals surface area (Å²) in [4.78, 5) is 4.22. The van der Waals surface area contributed by atoms with Crippen LogP contribution in [0.4, 0.5) is 5.82 Å². The molecule has 1 heterocycles. The Morgan fingerprint density at radius 1 is 1.06 bits per heavy atom. The SMILES string of the molecule is Cc1cccc(S(=O)(=O)Nc2cc(C)ccn2)c1. The second-order valence-electron chi connectivity index (χ2n) is 4.14. The third-order valence-corrected chi connectivity index (χ3v) is 3.81. The van der Waals surface area contributed by atoms with Gasteiger partial charge in [0.1, 0.15) is 5.82 Å². The lowest BCUT2D eigenvalue weighted by Gasteiger charge is -2.08. The van der Waals surface area contributed by atoms with Crippen LogP contribution in [0.3, 0.4) is 0 Å². The van der Waals surface area contributed by atoms with Crippen LogP contribution in [0.2, 0.25) is 0 Å². The lowest BCUT2D eigenvalue weighted by atomic mass is 10.2. The fourth-order valence-electron chi connectivity index (χ4n) is 1.57. The van der Waals surface area contributed by atoms with Crippen molar-refractivity contribution in [3.05, 3.63) is 53.7 Å². The summed E-state index contributed by atoms with van der Waals surface area (Å²) in [6.07, 6.45) is 1.57.